The first-order valence-corrected chi connectivity index (χ1v) is 5.78. The molecule has 0 N–H and O–H groups in total. The molecule has 0 aliphatic heterocycles. The summed E-state index contributed by atoms with van der Waals surface area (Å²) in [6.45, 7) is 1.35. The van der Waals surface area contributed by atoms with Crippen LogP contribution in [0.2, 0.25) is 0 Å². The highest BCUT2D eigenvalue weighted by Gasteiger charge is 2.34. The fourth-order valence-corrected chi connectivity index (χ4v) is 1.95. The van der Waals surface area contributed by atoms with Crippen molar-refractivity contribution in [2.75, 3.05) is 0 Å². The van der Waals surface area contributed by atoms with Crippen molar-refractivity contribution in [2.45, 2.75) is 13.1 Å². The van der Waals surface area contributed by atoms with Crippen LogP contribution in [0.3, 0.4) is 0 Å². The lowest BCUT2D eigenvalue weighted by Crippen LogP contribution is -2.08. The Bertz CT molecular complexity index is 659. The number of rotatable bonds is 2. The van der Waals surface area contributed by atoms with Crippen LogP contribution in [0.15, 0.2) is 42.5 Å². The Hall–Kier alpha value is -2.17. The Balaban J connectivity index is 2.56. The highest BCUT2D eigenvalue weighted by molar-refractivity contribution is 6.00. The number of carbonyl (C=O) groups is 1. The number of Topliss-reactive ketones (excluding diaryl/α,β-unsaturated/α-hetero) is 1. The van der Waals surface area contributed by atoms with Gasteiger partial charge in [-0.1, -0.05) is 30.3 Å². The Morgan fingerprint density at radius 2 is 1.70 bits per heavy atom. The van der Waals surface area contributed by atoms with E-state index in [0.29, 0.717) is 17.2 Å². The molecule has 0 spiro atoms. The summed E-state index contributed by atoms with van der Waals surface area (Å²) in [5.41, 5.74) is -0.331. The van der Waals surface area contributed by atoms with Crippen LogP contribution in [0.5, 0.6) is 0 Å². The molecule has 2 aromatic carbocycles. The molecule has 0 bridgehead atoms. The lowest BCUT2D eigenvalue weighted by atomic mass is 9.96. The van der Waals surface area contributed by atoms with Crippen LogP contribution >= 0.6 is 0 Å². The third-order valence-electron chi connectivity index (χ3n) is 2.89. The summed E-state index contributed by atoms with van der Waals surface area (Å²) < 4.78 is 51.0. The Morgan fingerprint density at radius 3 is 2.25 bits per heavy atom. The predicted octanol–water partition coefficient (Wildman–Crippen LogP) is 4.71. The van der Waals surface area contributed by atoms with E-state index in [9.17, 15) is 22.4 Å². The van der Waals surface area contributed by atoms with Crippen LogP contribution < -0.4 is 0 Å². The van der Waals surface area contributed by atoms with Crippen molar-refractivity contribution in [3.63, 3.8) is 0 Å². The van der Waals surface area contributed by atoms with Crippen molar-refractivity contribution in [3.05, 3.63) is 59.4 Å². The fraction of sp³-hybridized carbons (Fsp3) is 0.133. The average Bonchev–Trinajstić information content (AvgIpc) is 2.37. The highest BCUT2D eigenvalue weighted by Crippen LogP contribution is 2.34. The molecule has 0 atom stereocenters. The Kier molecular flexibility index (Phi) is 3.61. The summed E-state index contributed by atoms with van der Waals surface area (Å²) in [4.78, 5) is 11.5. The molecule has 0 aromatic heterocycles. The van der Waals surface area contributed by atoms with Crippen molar-refractivity contribution >= 4 is 5.78 Å². The zero-order valence-corrected chi connectivity index (χ0v) is 10.5. The molecule has 2 aromatic rings. The minimum absolute atomic E-state index is 0.235. The second-order valence-electron chi connectivity index (χ2n) is 4.29. The minimum atomic E-state index is -4.73. The second-order valence-corrected chi connectivity index (χ2v) is 4.29. The van der Waals surface area contributed by atoms with E-state index >= 15 is 0 Å². The molecule has 0 aliphatic rings. The zero-order valence-electron chi connectivity index (χ0n) is 10.5. The number of hydrogen-bond acceptors (Lipinski definition) is 1. The van der Waals surface area contributed by atoms with Crippen molar-refractivity contribution in [3.8, 4) is 11.1 Å². The first kappa shape index (κ1) is 14.2. The van der Waals surface area contributed by atoms with Gasteiger partial charge in [0.1, 0.15) is 5.82 Å². The molecule has 0 amide bonds. The third-order valence-corrected chi connectivity index (χ3v) is 2.89. The van der Waals surface area contributed by atoms with E-state index in [-0.39, 0.29) is 11.3 Å². The number of halogens is 4. The number of ketones is 1. The van der Waals surface area contributed by atoms with E-state index in [2.05, 4.69) is 0 Å². The van der Waals surface area contributed by atoms with Crippen LogP contribution in [-0.2, 0) is 6.18 Å². The number of alkyl halides is 3. The maximum atomic E-state index is 13.6. The largest absolute Gasteiger partial charge is 0.419 e. The summed E-state index contributed by atoms with van der Waals surface area (Å²) in [7, 11) is 0. The molecule has 0 heterocycles. The van der Waals surface area contributed by atoms with Gasteiger partial charge >= 0.3 is 6.18 Å². The van der Waals surface area contributed by atoms with Gasteiger partial charge in [-0.3, -0.25) is 4.79 Å². The van der Waals surface area contributed by atoms with E-state index < -0.39 is 17.6 Å². The number of benzene rings is 2. The summed E-state index contributed by atoms with van der Waals surface area (Å²) in [6, 6.07) is 9.03. The minimum Gasteiger partial charge on any atom is -0.294 e. The lowest BCUT2D eigenvalue weighted by Gasteiger charge is -2.11. The van der Waals surface area contributed by atoms with Crippen LogP contribution in [0.25, 0.3) is 11.1 Å². The van der Waals surface area contributed by atoms with Gasteiger partial charge in [-0.15, -0.1) is 0 Å². The maximum absolute atomic E-state index is 13.6. The molecule has 104 valence electrons. The van der Waals surface area contributed by atoms with E-state index in [0.717, 1.165) is 12.1 Å². The van der Waals surface area contributed by atoms with Crippen molar-refractivity contribution in [1.29, 1.82) is 0 Å². The van der Waals surface area contributed by atoms with Gasteiger partial charge in [0.25, 0.3) is 0 Å². The molecule has 0 saturated carbocycles. The standard InChI is InChI=1S/C15H10F4O/c1-9(20)11-4-2-3-5-12(11)10-6-7-13(14(16)8-10)15(17,18)19/h2-8H,1H3. The summed E-state index contributed by atoms with van der Waals surface area (Å²) in [5, 5.41) is 0. The van der Waals surface area contributed by atoms with Crippen LogP contribution in [0.1, 0.15) is 22.8 Å². The van der Waals surface area contributed by atoms with Gasteiger partial charge in [0.15, 0.2) is 5.78 Å². The second kappa shape index (κ2) is 5.07. The van der Waals surface area contributed by atoms with E-state index in [1.54, 1.807) is 24.3 Å². The van der Waals surface area contributed by atoms with Gasteiger partial charge in [0.2, 0.25) is 0 Å². The molecule has 0 fully saturated rings. The first-order valence-electron chi connectivity index (χ1n) is 5.78. The predicted molar refractivity (Wildman–Crippen MR) is 66.8 cm³/mol. The van der Waals surface area contributed by atoms with Gasteiger partial charge in [0, 0.05) is 5.56 Å². The fourth-order valence-electron chi connectivity index (χ4n) is 1.95. The summed E-state index contributed by atoms with van der Waals surface area (Å²) >= 11 is 0. The summed E-state index contributed by atoms with van der Waals surface area (Å²) in [6.07, 6.45) is -4.73. The topological polar surface area (TPSA) is 17.1 Å². The van der Waals surface area contributed by atoms with E-state index in [1.807, 2.05) is 0 Å². The molecule has 1 nitrogen and oxygen atoms in total. The quantitative estimate of drug-likeness (QED) is 0.575. The molecule has 0 unspecified atom stereocenters. The molecule has 2 rings (SSSR count). The van der Waals surface area contributed by atoms with Crippen molar-refractivity contribution < 1.29 is 22.4 Å². The van der Waals surface area contributed by atoms with E-state index in [1.165, 1.54) is 6.92 Å². The lowest BCUT2D eigenvalue weighted by molar-refractivity contribution is -0.139. The average molecular weight is 282 g/mol. The summed E-state index contributed by atoms with van der Waals surface area (Å²) in [5.74, 6) is -1.59. The monoisotopic (exact) mass is 282 g/mol. The van der Waals surface area contributed by atoms with Gasteiger partial charge in [-0.2, -0.15) is 13.2 Å². The molecular weight excluding hydrogens is 272 g/mol. The van der Waals surface area contributed by atoms with Gasteiger partial charge < -0.3 is 0 Å². The molecule has 5 heteroatoms. The Labute approximate surface area is 112 Å². The molecule has 0 radical (unpaired) electrons. The highest BCUT2D eigenvalue weighted by atomic mass is 19.4. The Morgan fingerprint density at radius 1 is 1.05 bits per heavy atom. The first-order chi connectivity index (χ1) is 9.30. The number of carbonyl (C=O) groups excluding carboxylic acids is 1. The molecule has 20 heavy (non-hydrogen) atoms. The molecule has 0 aliphatic carbocycles. The number of hydrogen-bond donors (Lipinski definition) is 0. The molecule has 0 saturated heterocycles. The van der Waals surface area contributed by atoms with Gasteiger partial charge in [-0.05, 0) is 30.2 Å². The van der Waals surface area contributed by atoms with E-state index in [4.69, 9.17) is 0 Å². The van der Waals surface area contributed by atoms with Gasteiger partial charge in [0.05, 0.1) is 5.56 Å². The maximum Gasteiger partial charge on any atom is 0.419 e. The van der Waals surface area contributed by atoms with Gasteiger partial charge in [-0.25, -0.2) is 4.39 Å². The van der Waals surface area contributed by atoms with Crippen molar-refractivity contribution in [2.24, 2.45) is 0 Å². The molecular formula is C15H10F4O. The normalized spacial score (nSPS) is 11.4. The third kappa shape index (κ3) is 2.71. The van der Waals surface area contributed by atoms with Crippen LogP contribution in [0.4, 0.5) is 17.6 Å². The smallest absolute Gasteiger partial charge is 0.294 e. The van der Waals surface area contributed by atoms with Crippen LogP contribution in [0, 0.1) is 5.82 Å². The van der Waals surface area contributed by atoms with Crippen LogP contribution in [-0.4, -0.2) is 5.78 Å². The zero-order chi connectivity index (χ0) is 14.9. The SMILES string of the molecule is CC(=O)c1ccccc1-c1ccc(C(F)(F)F)c(F)c1. The van der Waals surface area contributed by atoms with Crippen molar-refractivity contribution in [1.82, 2.24) is 0 Å².